The molecule has 21 heavy (non-hydrogen) atoms. The van der Waals surface area contributed by atoms with E-state index in [1.54, 1.807) is 24.3 Å². The molecule has 2 aromatic rings. The second-order valence-corrected chi connectivity index (χ2v) is 5.41. The highest BCUT2D eigenvalue weighted by Gasteiger charge is 2.03. The van der Waals surface area contributed by atoms with Crippen LogP contribution in [0.4, 0.5) is 0 Å². The normalized spacial score (nSPS) is 11.0. The van der Waals surface area contributed by atoms with Gasteiger partial charge in [-0.15, -0.1) is 0 Å². The molecule has 2 aromatic carbocycles. The maximum Gasteiger partial charge on any atom is 0.336 e. The molecular weight excluding hydrogens is 284 g/mol. The quantitative estimate of drug-likeness (QED) is 0.447. The van der Waals surface area contributed by atoms with Crippen LogP contribution in [-0.4, -0.2) is 5.97 Å². The molecule has 0 saturated heterocycles. The van der Waals surface area contributed by atoms with E-state index in [2.05, 4.69) is 13.8 Å². The van der Waals surface area contributed by atoms with E-state index in [1.165, 1.54) is 11.6 Å². The van der Waals surface area contributed by atoms with E-state index in [9.17, 15) is 4.79 Å². The third-order valence-corrected chi connectivity index (χ3v) is 3.41. The van der Waals surface area contributed by atoms with E-state index in [0.717, 1.165) is 5.56 Å². The van der Waals surface area contributed by atoms with Crippen molar-refractivity contribution < 1.29 is 9.53 Å². The summed E-state index contributed by atoms with van der Waals surface area (Å²) >= 11 is 6.01. The van der Waals surface area contributed by atoms with E-state index in [-0.39, 0.29) is 0 Å². The average Bonchev–Trinajstić information content (AvgIpc) is 2.47. The summed E-state index contributed by atoms with van der Waals surface area (Å²) in [6.45, 7) is 4.24. The van der Waals surface area contributed by atoms with E-state index < -0.39 is 5.97 Å². The van der Waals surface area contributed by atoms with Crippen LogP contribution in [0.1, 0.15) is 30.9 Å². The van der Waals surface area contributed by atoms with Gasteiger partial charge in [-0.1, -0.05) is 55.8 Å². The van der Waals surface area contributed by atoms with Gasteiger partial charge in [0.1, 0.15) is 5.75 Å². The molecule has 0 aliphatic carbocycles. The Hall–Kier alpha value is -2.06. The van der Waals surface area contributed by atoms with Gasteiger partial charge in [0, 0.05) is 11.1 Å². The highest BCUT2D eigenvalue weighted by atomic mass is 35.5. The van der Waals surface area contributed by atoms with Gasteiger partial charge >= 0.3 is 5.97 Å². The van der Waals surface area contributed by atoms with Gasteiger partial charge in [-0.05, 0) is 41.3 Å². The van der Waals surface area contributed by atoms with Gasteiger partial charge in [-0.25, -0.2) is 4.79 Å². The standard InChI is InChI=1S/C18H17ClO2/c1-13(2)14-7-10-16(11-8-14)21-18(20)12-9-15-5-3-4-6-17(15)19/h3-13H,1-2H3/b12-9+. The number of hydrogen-bond donors (Lipinski definition) is 0. The summed E-state index contributed by atoms with van der Waals surface area (Å²) in [4.78, 5) is 11.8. The molecule has 0 radical (unpaired) electrons. The summed E-state index contributed by atoms with van der Waals surface area (Å²) in [5.74, 6) is 0.565. The first-order valence-electron chi connectivity index (χ1n) is 6.80. The Balaban J connectivity index is 2.00. The Morgan fingerprint density at radius 3 is 2.38 bits per heavy atom. The van der Waals surface area contributed by atoms with Crippen LogP contribution in [0, 0.1) is 0 Å². The first-order valence-corrected chi connectivity index (χ1v) is 7.18. The Labute approximate surface area is 130 Å². The van der Waals surface area contributed by atoms with Gasteiger partial charge < -0.3 is 4.74 Å². The van der Waals surface area contributed by atoms with Gasteiger partial charge in [0.25, 0.3) is 0 Å². The fraction of sp³-hybridized carbons (Fsp3) is 0.167. The lowest BCUT2D eigenvalue weighted by atomic mass is 10.0. The molecule has 0 aliphatic rings. The van der Waals surface area contributed by atoms with Crippen LogP contribution in [0.5, 0.6) is 5.75 Å². The topological polar surface area (TPSA) is 26.3 Å². The van der Waals surface area contributed by atoms with Crippen molar-refractivity contribution in [3.05, 3.63) is 70.8 Å². The summed E-state index contributed by atoms with van der Waals surface area (Å²) in [5.41, 5.74) is 1.99. The van der Waals surface area contributed by atoms with Crippen molar-refractivity contribution >= 4 is 23.6 Å². The zero-order valence-corrected chi connectivity index (χ0v) is 12.8. The van der Waals surface area contributed by atoms with Crippen molar-refractivity contribution in [2.75, 3.05) is 0 Å². The minimum absolute atomic E-state index is 0.424. The minimum Gasteiger partial charge on any atom is -0.423 e. The largest absolute Gasteiger partial charge is 0.423 e. The monoisotopic (exact) mass is 300 g/mol. The molecule has 0 aliphatic heterocycles. The van der Waals surface area contributed by atoms with Crippen LogP contribution in [0.3, 0.4) is 0 Å². The zero-order valence-electron chi connectivity index (χ0n) is 12.0. The third-order valence-electron chi connectivity index (χ3n) is 3.07. The third kappa shape index (κ3) is 4.47. The van der Waals surface area contributed by atoms with Gasteiger partial charge in [0.2, 0.25) is 0 Å². The molecule has 0 fully saturated rings. The molecule has 0 heterocycles. The fourth-order valence-electron chi connectivity index (χ4n) is 1.84. The molecule has 0 spiro atoms. The zero-order chi connectivity index (χ0) is 15.2. The molecular formula is C18H17ClO2. The van der Waals surface area contributed by atoms with Crippen molar-refractivity contribution in [3.8, 4) is 5.75 Å². The van der Waals surface area contributed by atoms with Gasteiger partial charge in [0.05, 0.1) is 0 Å². The summed E-state index contributed by atoms with van der Waals surface area (Å²) in [7, 11) is 0. The number of rotatable bonds is 4. The number of halogens is 1. The number of carbonyl (C=O) groups is 1. The van der Waals surface area contributed by atoms with Crippen LogP contribution in [0.15, 0.2) is 54.6 Å². The molecule has 0 unspecified atom stereocenters. The van der Waals surface area contributed by atoms with Crippen LogP contribution < -0.4 is 4.74 Å². The number of ether oxygens (including phenoxy) is 1. The first-order chi connectivity index (χ1) is 10.1. The molecule has 2 rings (SSSR count). The lowest BCUT2D eigenvalue weighted by Crippen LogP contribution is -2.03. The molecule has 0 atom stereocenters. The molecule has 0 saturated carbocycles. The maximum atomic E-state index is 11.8. The Bertz CT molecular complexity index is 643. The van der Waals surface area contributed by atoms with Gasteiger partial charge in [-0.3, -0.25) is 0 Å². The smallest absolute Gasteiger partial charge is 0.336 e. The van der Waals surface area contributed by atoms with E-state index in [0.29, 0.717) is 16.7 Å². The molecule has 2 nitrogen and oxygen atoms in total. The van der Waals surface area contributed by atoms with Crippen molar-refractivity contribution in [2.45, 2.75) is 19.8 Å². The minimum atomic E-state index is -0.424. The van der Waals surface area contributed by atoms with E-state index >= 15 is 0 Å². The second kappa shape index (κ2) is 7.09. The predicted molar refractivity (Wildman–Crippen MR) is 86.7 cm³/mol. The Morgan fingerprint density at radius 2 is 1.76 bits per heavy atom. The summed E-state index contributed by atoms with van der Waals surface area (Å²) in [6, 6.07) is 14.8. The van der Waals surface area contributed by atoms with Crippen LogP contribution in [-0.2, 0) is 4.79 Å². The number of benzene rings is 2. The molecule has 3 heteroatoms. The van der Waals surface area contributed by atoms with Gasteiger partial charge in [-0.2, -0.15) is 0 Å². The van der Waals surface area contributed by atoms with Crippen molar-refractivity contribution in [3.63, 3.8) is 0 Å². The SMILES string of the molecule is CC(C)c1ccc(OC(=O)/C=C/c2ccccc2Cl)cc1. The first kappa shape index (κ1) is 15.3. The average molecular weight is 301 g/mol. The lowest BCUT2D eigenvalue weighted by Gasteiger charge is -2.06. The maximum absolute atomic E-state index is 11.8. The van der Waals surface area contributed by atoms with Crippen molar-refractivity contribution in [1.82, 2.24) is 0 Å². The fourth-order valence-corrected chi connectivity index (χ4v) is 2.04. The summed E-state index contributed by atoms with van der Waals surface area (Å²) < 4.78 is 5.24. The molecule has 0 amide bonds. The lowest BCUT2D eigenvalue weighted by molar-refractivity contribution is -0.128. The second-order valence-electron chi connectivity index (χ2n) is 5.00. The van der Waals surface area contributed by atoms with E-state index in [4.69, 9.17) is 16.3 Å². The highest BCUT2D eigenvalue weighted by molar-refractivity contribution is 6.32. The van der Waals surface area contributed by atoms with Crippen LogP contribution in [0.2, 0.25) is 5.02 Å². The van der Waals surface area contributed by atoms with Crippen LogP contribution in [0.25, 0.3) is 6.08 Å². The van der Waals surface area contributed by atoms with Crippen molar-refractivity contribution in [1.29, 1.82) is 0 Å². The highest BCUT2D eigenvalue weighted by Crippen LogP contribution is 2.19. The molecule has 108 valence electrons. The summed E-state index contributed by atoms with van der Waals surface area (Å²) in [5, 5.41) is 0.600. The van der Waals surface area contributed by atoms with Crippen LogP contribution >= 0.6 is 11.6 Å². The molecule has 0 N–H and O–H groups in total. The Kier molecular flexibility index (Phi) is 5.18. The van der Waals surface area contributed by atoms with Crippen molar-refractivity contribution in [2.24, 2.45) is 0 Å². The van der Waals surface area contributed by atoms with Gasteiger partial charge in [0.15, 0.2) is 0 Å². The number of esters is 1. The predicted octanol–water partition coefficient (Wildman–Crippen LogP) is 5.08. The molecule has 0 aromatic heterocycles. The molecule has 0 bridgehead atoms. The van der Waals surface area contributed by atoms with E-state index in [1.807, 2.05) is 30.3 Å². The number of carbonyl (C=O) groups excluding carboxylic acids is 1. The summed E-state index contributed by atoms with van der Waals surface area (Å²) in [6.07, 6.45) is 3.02. The number of hydrogen-bond acceptors (Lipinski definition) is 2. The Morgan fingerprint density at radius 1 is 1.10 bits per heavy atom.